The van der Waals surface area contributed by atoms with Crippen molar-refractivity contribution in [2.75, 3.05) is 11.9 Å². The molecule has 0 spiro atoms. The van der Waals surface area contributed by atoms with E-state index in [9.17, 15) is 14.0 Å². The maximum Gasteiger partial charge on any atom is 0.255 e. The number of nitrogens with one attached hydrogen (secondary N) is 2. The molecule has 3 rings (SSSR count). The molecule has 1 aromatic heterocycles. The molecular weight excluding hydrogens is 383 g/mol. The van der Waals surface area contributed by atoms with Crippen LogP contribution in [0.1, 0.15) is 39.7 Å². The lowest BCUT2D eigenvalue weighted by molar-refractivity contribution is -0.115. The van der Waals surface area contributed by atoms with Gasteiger partial charge in [0.1, 0.15) is 5.82 Å². The van der Waals surface area contributed by atoms with E-state index in [-0.39, 0.29) is 24.2 Å². The number of carbonyl (C=O) groups excluding carboxylic acids is 2. The van der Waals surface area contributed by atoms with Gasteiger partial charge in [0.05, 0.1) is 29.7 Å². The van der Waals surface area contributed by atoms with E-state index in [1.807, 2.05) is 39.8 Å². The van der Waals surface area contributed by atoms with Crippen molar-refractivity contribution in [2.24, 2.45) is 0 Å². The Bertz CT molecular complexity index is 1060. The Hall–Kier alpha value is -3.48. The summed E-state index contributed by atoms with van der Waals surface area (Å²) >= 11 is 0. The van der Waals surface area contributed by atoms with Crippen molar-refractivity contribution < 1.29 is 14.0 Å². The lowest BCUT2D eigenvalue weighted by atomic mass is 10.1. The standard InChI is InChI=1S/C23H25FN4O2/c1-5-20-19(12-26-28(20)18-8-6-17(24)7-9-18)23(30)25-13-21(29)27-22-15(3)10-14(2)11-16(22)4/h6-12H,5,13H2,1-4H3,(H,25,30)(H,27,29). The van der Waals surface area contributed by atoms with Crippen molar-refractivity contribution in [1.82, 2.24) is 15.1 Å². The Morgan fingerprint density at radius 1 is 1.07 bits per heavy atom. The van der Waals surface area contributed by atoms with Crippen molar-refractivity contribution >= 4 is 17.5 Å². The molecule has 7 heteroatoms. The van der Waals surface area contributed by atoms with Crippen molar-refractivity contribution in [1.29, 1.82) is 0 Å². The highest BCUT2D eigenvalue weighted by Crippen LogP contribution is 2.21. The molecule has 2 aromatic carbocycles. The Morgan fingerprint density at radius 3 is 2.30 bits per heavy atom. The molecule has 0 saturated carbocycles. The zero-order valence-corrected chi connectivity index (χ0v) is 17.5. The molecule has 0 bridgehead atoms. The maximum absolute atomic E-state index is 13.2. The average molecular weight is 408 g/mol. The second-order valence-electron chi connectivity index (χ2n) is 7.25. The third kappa shape index (κ3) is 4.56. The predicted octanol–water partition coefficient (Wildman–Crippen LogP) is 3.87. The number of benzene rings is 2. The third-order valence-corrected chi connectivity index (χ3v) is 4.87. The first kappa shape index (κ1) is 21.2. The van der Waals surface area contributed by atoms with Crippen molar-refractivity contribution in [3.63, 3.8) is 0 Å². The van der Waals surface area contributed by atoms with Gasteiger partial charge in [0.15, 0.2) is 0 Å². The van der Waals surface area contributed by atoms with Gasteiger partial charge in [-0.1, -0.05) is 24.6 Å². The number of halogens is 1. The van der Waals surface area contributed by atoms with E-state index in [1.54, 1.807) is 16.8 Å². The molecule has 0 atom stereocenters. The van der Waals surface area contributed by atoms with Crippen LogP contribution in [-0.4, -0.2) is 28.1 Å². The van der Waals surface area contributed by atoms with Gasteiger partial charge < -0.3 is 10.6 Å². The molecule has 156 valence electrons. The fourth-order valence-electron chi connectivity index (χ4n) is 3.53. The minimum atomic E-state index is -0.382. The van der Waals surface area contributed by atoms with Gasteiger partial charge in [0.2, 0.25) is 5.91 Å². The minimum absolute atomic E-state index is 0.156. The third-order valence-electron chi connectivity index (χ3n) is 4.87. The number of hydrogen-bond donors (Lipinski definition) is 2. The van der Waals surface area contributed by atoms with Crippen LogP contribution in [0.15, 0.2) is 42.6 Å². The molecule has 0 radical (unpaired) electrons. The molecule has 30 heavy (non-hydrogen) atoms. The Kier molecular flexibility index (Phi) is 6.30. The number of amides is 2. The van der Waals surface area contributed by atoms with Gasteiger partial charge in [-0.3, -0.25) is 9.59 Å². The van der Waals surface area contributed by atoms with Gasteiger partial charge in [-0.05, 0) is 62.6 Å². The molecule has 0 aliphatic carbocycles. The second kappa shape index (κ2) is 8.90. The van der Waals surface area contributed by atoms with Crippen LogP contribution in [0.25, 0.3) is 5.69 Å². The van der Waals surface area contributed by atoms with Crippen LogP contribution < -0.4 is 10.6 Å². The normalized spacial score (nSPS) is 10.7. The Morgan fingerprint density at radius 2 is 1.70 bits per heavy atom. The first-order valence-corrected chi connectivity index (χ1v) is 9.79. The smallest absolute Gasteiger partial charge is 0.255 e. The van der Waals surface area contributed by atoms with Gasteiger partial charge in [-0.2, -0.15) is 5.10 Å². The predicted molar refractivity (Wildman–Crippen MR) is 115 cm³/mol. The van der Waals surface area contributed by atoms with Crippen LogP contribution in [0.2, 0.25) is 0 Å². The van der Waals surface area contributed by atoms with Crippen LogP contribution >= 0.6 is 0 Å². The highest BCUT2D eigenvalue weighted by molar-refractivity contribution is 6.00. The zero-order chi connectivity index (χ0) is 21.8. The quantitative estimate of drug-likeness (QED) is 0.650. The first-order valence-electron chi connectivity index (χ1n) is 9.79. The van der Waals surface area contributed by atoms with Gasteiger partial charge in [-0.25, -0.2) is 9.07 Å². The Balaban J connectivity index is 1.69. The number of carbonyl (C=O) groups is 2. The van der Waals surface area contributed by atoms with Crippen LogP contribution in [-0.2, 0) is 11.2 Å². The topological polar surface area (TPSA) is 76.0 Å². The molecule has 1 heterocycles. The van der Waals surface area contributed by atoms with E-state index in [2.05, 4.69) is 15.7 Å². The van der Waals surface area contributed by atoms with Gasteiger partial charge in [-0.15, -0.1) is 0 Å². The molecular formula is C23H25FN4O2. The van der Waals surface area contributed by atoms with Crippen molar-refractivity contribution in [3.05, 3.63) is 76.4 Å². The van der Waals surface area contributed by atoms with Gasteiger partial charge >= 0.3 is 0 Å². The summed E-state index contributed by atoms with van der Waals surface area (Å²) in [5.41, 5.74) is 5.57. The molecule has 6 nitrogen and oxygen atoms in total. The maximum atomic E-state index is 13.2. The van der Waals surface area contributed by atoms with Crippen LogP contribution in [0.5, 0.6) is 0 Å². The fourth-order valence-corrected chi connectivity index (χ4v) is 3.53. The van der Waals surface area contributed by atoms with E-state index in [1.165, 1.54) is 18.3 Å². The summed E-state index contributed by atoms with van der Waals surface area (Å²) in [6.45, 7) is 7.63. The summed E-state index contributed by atoms with van der Waals surface area (Å²) in [6, 6.07) is 9.88. The molecule has 0 aliphatic heterocycles. The SMILES string of the molecule is CCc1c(C(=O)NCC(=O)Nc2c(C)cc(C)cc2C)cnn1-c1ccc(F)cc1. The summed E-state index contributed by atoms with van der Waals surface area (Å²) in [7, 11) is 0. The summed E-state index contributed by atoms with van der Waals surface area (Å²) in [5.74, 6) is -1.03. The van der Waals surface area contributed by atoms with Crippen LogP contribution in [0, 0.1) is 26.6 Å². The number of anilines is 1. The lowest BCUT2D eigenvalue weighted by Gasteiger charge is -2.13. The van der Waals surface area contributed by atoms with E-state index in [0.29, 0.717) is 23.4 Å². The van der Waals surface area contributed by atoms with E-state index in [0.717, 1.165) is 22.4 Å². The molecule has 0 unspecified atom stereocenters. The highest BCUT2D eigenvalue weighted by atomic mass is 19.1. The Labute approximate surface area is 175 Å². The number of aryl methyl sites for hydroxylation is 3. The number of hydrogen-bond acceptors (Lipinski definition) is 3. The molecule has 3 aromatic rings. The highest BCUT2D eigenvalue weighted by Gasteiger charge is 2.18. The summed E-state index contributed by atoms with van der Waals surface area (Å²) in [6.07, 6.45) is 2.01. The monoisotopic (exact) mass is 408 g/mol. The number of aromatic nitrogens is 2. The molecule has 0 fully saturated rings. The largest absolute Gasteiger partial charge is 0.343 e. The van der Waals surface area contributed by atoms with E-state index in [4.69, 9.17) is 0 Å². The zero-order valence-electron chi connectivity index (χ0n) is 17.5. The van der Waals surface area contributed by atoms with Gasteiger partial charge in [0, 0.05) is 5.69 Å². The minimum Gasteiger partial charge on any atom is -0.343 e. The number of rotatable bonds is 6. The van der Waals surface area contributed by atoms with Gasteiger partial charge in [0.25, 0.3) is 5.91 Å². The lowest BCUT2D eigenvalue weighted by Crippen LogP contribution is -2.33. The number of nitrogens with zero attached hydrogens (tertiary/aromatic N) is 2. The molecule has 2 amide bonds. The van der Waals surface area contributed by atoms with E-state index >= 15 is 0 Å². The summed E-state index contributed by atoms with van der Waals surface area (Å²) in [5, 5.41) is 9.79. The van der Waals surface area contributed by atoms with Crippen LogP contribution in [0.3, 0.4) is 0 Å². The summed E-state index contributed by atoms with van der Waals surface area (Å²) < 4.78 is 14.8. The van der Waals surface area contributed by atoms with Crippen molar-refractivity contribution in [3.8, 4) is 5.69 Å². The average Bonchev–Trinajstić information content (AvgIpc) is 3.13. The second-order valence-corrected chi connectivity index (χ2v) is 7.25. The molecule has 0 saturated heterocycles. The van der Waals surface area contributed by atoms with Crippen molar-refractivity contribution in [2.45, 2.75) is 34.1 Å². The van der Waals surface area contributed by atoms with Crippen LogP contribution in [0.4, 0.5) is 10.1 Å². The first-order chi connectivity index (χ1) is 14.3. The molecule has 0 aliphatic rings. The molecule has 2 N–H and O–H groups in total. The van der Waals surface area contributed by atoms with E-state index < -0.39 is 0 Å². The summed E-state index contributed by atoms with van der Waals surface area (Å²) in [4.78, 5) is 25.0. The fraction of sp³-hybridized carbons (Fsp3) is 0.261.